The molecule has 2 saturated heterocycles. The van der Waals surface area contributed by atoms with Crippen LogP contribution in [0, 0.1) is 5.92 Å². The number of hydrogen-bond donors (Lipinski definition) is 0. The Labute approximate surface area is 145 Å². The summed E-state index contributed by atoms with van der Waals surface area (Å²) in [6.07, 6.45) is 5.31. The molecule has 1 saturated carbocycles. The van der Waals surface area contributed by atoms with Gasteiger partial charge in [0.05, 0.1) is 7.11 Å². The summed E-state index contributed by atoms with van der Waals surface area (Å²) in [5, 5.41) is 0. The van der Waals surface area contributed by atoms with Gasteiger partial charge < -0.3 is 4.74 Å². The van der Waals surface area contributed by atoms with E-state index in [9.17, 15) is 0 Å². The van der Waals surface area contributed by atoms with Gasteiger partial charge in [0, 0.05) is 19.1 Å². The number of nitrogens with zero attached hydrogens (tertiary/aromatic N) is 1. The molecule has 0 N–H and O–H groups in total. The van der Waals surface area contributed by atoms with Gasteiger partial charge >= 0.3 is 0 Å². The van der Waals surface area contributed by atoms with Gasteiger partial charge in [-0.1, -0.05) is 42.5 Å². The Morgan fingerprint density at radius 1 is 1.00 bits per heavy atom. The molecule has 0 amide bonds. The number of rotatable bonds is 5. The first-order valence-electron chi connectivity index (χ1n) is 9.25. The summed E-state index contributed by atoms with van der Waals surface area (Å²) in [5.41, 5.74) is 2.95. The summed E-state index contributed by atoms with van der Waals surface area (Å²) in [6.45, 7) is 2.47. The molecule has 2 nitrogen and oxygen atoms in total. The van der Waals surface area contributed by atoms with Crippen LogP contribution in [0.15, 0.2) is 54.6 Å². The summed E-state index contributed by atoms with van der Waals surface area (Å²) in [6, 6.07) is 20.5. The number of piperidine rings is 2. The summed E-state index contributed by atoms with van der Waals surface area (Å²) in [4.78, 5) is 2.76. The Morgan fingerprint density at radius 2 is 1.79 bits per heavy atom. The third-order valence-electron chi connectivity index (χ3n) is 5.96. The van der Waals surface area contributed by atoms with Crippen LogP contribution in [-0.2, 0) is 6.42 Å². The summed E-state index contributed by atoms with van der Waals surface area (Å²) < 4.78 is 5.26. The molecular formula is C22H27NO. The molecule has 2 aliphatic heterocycles. The fraction of sp³-hybridized carbons (Fsp3) is 0.455. The van der Waals surface area contributed by atoms with Crippen LogP contribution in [0.1, 0.15) is 36.3 Å². The molecule has 3 unspecified atom stereocenters. The quantitative estimate of drug-likeness (QED) is 0.803. The minimum absolute atomic E-state index is 0.731. The van der Waals surface area contributed by atoms with Gasteiger partial charge in [-0.25, -0.2) is 0 Å². The molecule has 5 rings (SSSR count). The molecule has 2 aromatic carbocycles. The van der Waals surface area contributed by atoms with Crippen molar-refractivity contribution in [2.24, 2.45) is 5.92 Å². The monoisotopic (exact) mass is 321 g/mol. The molecule has 0 radical (unpaired) electrons. The standard InChI is InChI=1S/C22H27NO/c1-24-20-10-7-17(8-11-20)13-14-23-16-18-9-12-22(23)21(15-18)19-5-3-2-4-6-19/h2-8,10-11,18,21-22H,9,12-16H2,1H3. The molecule has 24 heavy (non-hydrogen) atoms. The van der Waals surface area contributed by atoms with Crippen molar-refractivity contribution in [3.63, 3.8) is 0 Å². The highest BCUT2D eigenvalue weighted by Gasteiger charge is 2.40. The molecule has 2 aromatic rings. The van der Waals surface area contributed by atoms with Crippen LogP contribution in [0.4, 0.5) is 0 Å². The van der Waals surface area contributed by atoms with Crippen LogP contribution in [0.5, 0.6) is 5.75 Å². The van der Waals surface area contributed by atoms with Gasteiger partial charge in [0.25, 0.3) is 0 Å². The molecule has 3 atom stereocenters. The second-order valence-corrected chi connectivity index (χ2v) is 7.36. The number of ether oxygens (including phenoxy) is 1. The third-order valence-corrected chi connectivity index (χ3v) is 5.96. The van der Waals surface area contributed by atoms with Crippen LogP contribution in [0.25, 0.3) is 0 Å². The average molecular weight is 321 g/mol. The van der Waals surface area contributed by atoms with E-state index >= 15 is 0 Å². The Morgan fingerprint density at radius 3 is 2.50 bits per heavy atom. The van der Waals surface area contributed by atoms with Crippen LogP contribution in [-0.4, -0.2) is 31.1 Å². The Kier molecular flexibility index (Phi) is 4.57. The predicted octanol–water partition coefficient (Wildman–Crippen LogP) is 4.51. The van der Waals surface area contributed by atoms with E-state index in [4.69, 9.17) is 4.74 Å². The molecule has 0 aromatic heterocycles. The normalized spacial score (nSPS) is 26.5. The van der Waals surface area contributed by atoms with Crippen LogP contribution in [0.2, 0.25) is 0 Å². The zero-order valence-electron chi connectivity index (χ0n) is 14.5. The lowest BCUT2D eigenvalue weighted by molar-refractivity contribution is 0.0309. The zero-order valence-corrected chi connectivity index (χ0v) is 14.5. The lowest BCUT2D eigenvalue weighted by Crippen LogP contribution is -2.52. The van der Waals surface area contributed by atoms with Crippen molar-refractivity contribution < 1.29 is 4.74 Å². The van der Waals surface area contributed by atoms with Gasteiger partial charge in [0.1, 0.15) is 5.75 Å². The second-order valence-electron chi connectivity index (χ2n) is 7.36. The average Bonchev–Trinajstić information content (AvgIpc) is 2.68. The fourth-order valence-corrected chi connectivity index (χ4v) is 4.69. The van der Waals surface area contributed by atoms with Crippen molar-refractivity contribution in [3.8, 4) is 5.75 Å². The molecule has 3 fully saturated rings. The predicted molar refractivity (Wildman–Crippen MR) is 98.6 cm³/mol. The van der Waals surface area contributed by atoms with Crippen LogP contribution >= 0.6 is 0 Å². The van der Waals surface area contributed by atoms with Crippen molar-refractivity contribution in [1.29, 1.82) is 0 Å². The third kappa shape index (κ3) is 3.21. The molecule has 2 bridgehead atoms. The van der Waals surface area contributed by atoms with Crippen LogP contribution in [0.3, 0.4) is 0 Å². The maximum atomic E-state index is 5.26. The van der Waals surface area contributed by atoms with Gasteiger partial charge in [0.2, 0.25) is 0 Å². The highest BCUT2D eigenvalue weighted by molar-refractivity contribution is 5.27. The maximum Gasteiger partial charge on any atom is 0.118 e. The van der Waals surface area contributed by atoms with E-state index in [-0.39, 0.29) is 0 Å². The van der Waals surface area contributed by atoms with Crippen molar-refractivity contribution in [3.05, 3.63) is 65.7 Å². The number of fused-ring (bicyclic) bond motifs is 3. The number of benzene rings is 2. The minimum atomic E-state index is 0.731. The molecule has 1 aliphatic carbocycles. The van der Waals surface area contributed by atoms with Gasteiger partial charge in [-0.05, 0) is 60.8 Å². The Hall–Kier alpha value is -1.80. The first kappa shape index (κ1) is 15.7. The first-order valence-corrected chi connectivity index (χ1v) is 9.25. The smallest absolute Gasteiger partial charge is 0.118 e. The summed E-state index contributed by atoms with van der Waals surface area (Å²) in [7, 11) is 1.73. The molecule has 2 heterocycles. The van der Waals surface area contributed by atoms with Crippen molar-refractivity contribution >= 4 is 0 Å². The van der Waals surface area contributed by atoms with Crippen LogP contribution < -0.4 is 4.74 Å². The lowest BCUT2D eigenvalue weighted by atomic mass is 9.70. The van der Waals surface area contributed by atoms with E-state index in [1.54, 1.807) is 12.7 Å². The minimum Gasteiger partial charge on any atom is -0.497 e. The van der Waals surface area contributed by atoms with Gasteiger partial charge in [-0.15, -0.1) is 0 Å². The van der Waals surface area contributed by atoms with Crippen molar-refractivity contribution in [1.82, 2.24) is 4.90 Å². The summed E-state index contributed by atoms with van der Waals surface area (Å²) >= 11 is 0. The molecule has 126 valence electrons. The van der Waals surface area contributed by atoms with E-state index in [0.717, 1.165) is 30.0 Å². The molecular weight excluding hydrogens is 294 g/mol. The SMILES string of the molecule is COc1ccc(CCN2CC3CCC2C(c2ccccc2)C3)cc1. The lowest BCUT2D eigenvalue weighted by Gasteiger charge is -2.50. The number of methoxy groups -OCH3 is 1. The van der Waals surface area contributed by atoms with Crippen molar-refractivity contribution in [2.45, 2.75) is 37.6 Å². The first-order chi connectivity index (χ1) is 11.8. The highest BCUT2D eigenvalue weighted by atomic mass is 16.5. The Bertz CT molecular complexity index is 651. The van der Waals surface area contributed by atoms with E-state index in [1.165, 1.54) is 37.9 Å². The Balaban J connectivity index is 1.43. The zero-order chi connectivity index (χ0) is 16.4. The van der Waals surface area contributed by atoms with E-state index in [1.807, 2.05) is 0 Å². The van der Waals surface area contributed by atoms with E-state index < -0.39 is 0 Å². The number of hydrogen-bond acceptors (Lipinski definition) is 2. The van der Waals surface area contributed by atoms with E-state index in [0.29, 0.717) is 0 Å². The largest absolute Gasteiger partial charge is 0.497 e. The van der Waals surface area contributed by atoms with E-state index in [2.05, 4.69) is 59.5 Å². The second kappa shape index (κ2) is 6.98. The van der Waals surface area contributed by atoms with Gasteiger partial charge in [0.15, 0.2) is 0 Å². The highest BCUT2D eigenvalue weighted by Crippen LogP contribution is 2.44. The van der Waals surface area contributed by atoms with Gasteiger partial charge in [-0.3, -0.25) is 4.90 Å². The fourth-order valence-electron chi connectivity index (χ4n) is 4.69. The van der Waals surface area contributed by atoms with Gasteiger partial charge in [-0.2, -0.15) is 0 Å². The molecule has 3 aliphatic rings. The molecule has 0 spiro atoms. The molecule has 2 heteroatoms. The topological polar surface area (TPSA) is 12.5 Å². The summed E-state index contributed by atoms with van der Waals surface area (Å²) in [5.74, 6) is 2.56. The van der Waals surface area contributed by atoms with Crippen molar-refractivity contribution in [2.75, 3.05) is 20.2 Å². The maximum absolute atomic E-state index is 5.26.